The van der Waals surface area contributed by atoms with Gasteiger partial charge in [-0.15, -0.1) is 0 Å². The number of nitrogens with one attached hydrogen (secondary N) is 2. The van der Waals surface area contributed by atoms with Gasteiger partial charge in [-0.05, 0) is 25.5 Å². The number of carbonyl (C=O) groups is 1. The van der Waals surface area contributed by atoms with E-state index in [4.69, 9.17) is 0 Å². The van der Waals surface area contributed by atoms with Crippen LogP contribution >= 0.6 is 0 Å². The van der Waals surface area contributed by atoms with Crippen LogP contribution in [0.3, 0.4) is 0 Å². The average Bonchev–Trinajstić information content (AvgIpc) is 2.40. The molecule has 1 aromatic rings. The lowest BCUT2D eigenvalue weighted by Crippen LogP contribution is -2.50. The van der Waals surface area contributed by atoms with E-state index in [-0.39, 0.29) is 18.0 Å². The molecule has 3 N–H and O–H groups in total. The minimum absolute atomic E-state index is 0.121. The Hall–Kier alpha value is -1.89. The largest absolute Gasteiger partial charge is 0.433 e. The van der Waals surface area contributed by atoms with Gasteiger partial charge in [-0.25, -0.2) is 4.79 Å². The molecule has 0 aliphatic heterocycles. The third kappa shape index (κ3) is 5.55. The molecule has 0 spiro atoms. The molecule has 21 heavy (non-hydrogen) atoms. The summed E-state index contributed by atoms with van der Waals surface area (Å²) < 4.78 is 28.9. The predicted molar refractivity (Wildman–Crippen MR) is 75.6 cm³/mol. The lowest BCUT2D eigenvalue weighted by molar-refractivity contribution is -0.0493. The fraction of sp³-hybridized carbons (Fsp3) is 0.500. The number of carbonyl (C=O) groups excluding carboxylic acids is 1. The van der Waals surface area contributed by atoms with Gasteiger partial charge in [0.15, 0.2) is 0 Å². The third-order valence-corrected chi connectivity index (χ3v) is 2.92. The molecule has 0 saturated heterocycles. The van der Waals surface area contributed by atoms with Crippen LogP contribution < -0.4 is 15.4 Å². The second kappa shape index (κ2) is 7.78. The minimum Gasteiger partial charge on any atom is -0.433 e. The van der Waals surface area contributed by atoms with Crippen LogP contribution in [-0.4, -0.2) is 29.9 Å². The molecule has 1 atom stereocenters. The third-order valence-electron chi connectivity index (χ3n) is 2.92. The Morgan fingerprint density at radius 2 is 2.10 bits per heavy atom. The molecule has 0 fully saturated rings. The highest BCUT2D eigenvalue weighted by molar-refractivity contribution is 5.91. The smallest absolute Gasteiger partial charge is 0.387 e. The first-order chi connectivity index (χ1) is 9.90. The first-order valence-corrected chi connectivity index (χ1v) is 6.64. The van der Waals surface area contributed by atoms with Crippen molar-refractivity contribution in [3.8, 4) is 5.75 Å². The standard InChI is InChI=1S/C14H20F2N2O3/c1-3-8-14(2,9-19)18-13(20)17-10-6-4-5-7-11(10)21-12(15)16/h4-7,12,19H,3,8-9H2,1-2H3,(H2,17,18,20). The number of ether oxygens (including phenoxy) is 1. The van der Waals surface area contributed by atoms with Gasteiger partial charge in [0.25, 0.3) is 0 Å². The van der Waals surface area contributed by atoms with E-state index in [1.54, 1.807) is 13.0 Å². The second-order valence-electron chi connectivity index (χ2n) is 4.92. The molecule has 5 nitrogen and oxygen atoms in total. The van der Waals surface area contributed by atoms with E-state index < -0.39 is 18.2 Å². The molecule has 7 heteroatoms. The highest BCUT2D eigenvalue weighted by Gasteiger charge is 2.24. The van der Waals surface area contributed by atoms with E-state index in [0.717, 1.165) is 6.42 Å². The maximum atomic E-state index is 12.3. The molecule has 0 aliphatic carbocycles. The molecule has 1 rings (SSSR count). The zero-order valence-electron chi connectivity index (χ0n) is 12.0. The van der Waals surface area contributed by atoms with Crippen LogP contribution in [0.2, 0.25) is 0 Å². The van der Waals surface area contributed by atoms with Gasteiger partial charge in [-0.3, -0.25) is 0 Å². The summed E-state index contributed by atoms with van der Waals surface area (Å²) in [5.74, 6) is -0.121. The lowest BCUT2D eigenvalue weighted by Gasteiger charge is -2.28. The summed E-state index contributed by atoms with van der Waals surface area (Å²) in [6.07, 6.45) is 1.37. The number of benzene rings is 1. The van der Waals surface area contributed by atoms with Crippen LogP contribution in [0.5, 0.6) is 5.75 Å². The second-order valence-corrected chi connectivity index (χ2v) is 4.92. The van der Waals surface area contributed by atoms with Gasteiger partial charge >= 0.3 is 12.6 Å². The molecule has 0 aromatic heterocycles. The topological polar surface area (TPSA) is 70.6 Å². The highest BCUT2D eigenvalue weighted by atomic mass is 19.3. The fourth-order valence-electron chi connectivity index (χ4n) is 1.93. The summed E-state index contributed by atoms with van der Waals surface area (Å²) in [5, 5.41) is 14.4. The van der Waals surface area contributed by atoms with E-state index in [1.165, 1.54) is 18.2 Å². The number of para-hydroxylation sites is 2. The Labute approximate surface area is 122 Å². The van der Waals surface area contributed by atoms with Crippen molar-refractivity contribution in [1.29, 1.82) is 0 Å². The predicted octanol–water partition coefficient (Wildman–Crippen LogP) is 2.96. The van der Waals surface area contributed by atoms with Crippen molar-refractivity contribution < 1.29 is 23.4 Å². The number of anilines is 1. The number of hydrogen-bond acceptors (Lipinski definition) is 3. The van der Waals surface area contributed by atoms with E-state index in [0.29, 0.717) is 6.42 Å². The van der Waals surface area contributed by atoms with Gasteiger partial charge < -0.3 is 20.5 Å². The molecule has 1 aromatic carbocycles. The van der Waals surface area contributed by atoms with Gasteiger partial charge in [0, 0.05) is 0 Å². The van der Waals surface area contributed by atoms with Crippen LogP contribution in [0, 0.1) is 0 Å². The molecular weight excluding hydrogens is 282 g/mol. The Morgan fingerprint density at radius 3 is 2.67 bits per heavy atom. The van der Waals surface area contributed by atoms with Crippen molar-refractivity contribution in [3.63, 3.8) is 0 Å². The number of halogens is 2. The van der Waals surface area contributed by atoms with Crippen molar-refractivity contribution in [1.82, 2.24) is 5.32 Å². The summed E-state index contributed by atoms with van der Waals surface area (Å²) in [4.78, 5) is 11.9. The number of amides is 2. The van der Waals surface area contributed by atoms with Crippen molar-refractivity contribution in [2.75, 3.05) is 11.9 Å². The van der Waals surface area contributed by atoms with Gasteiger partial charge in [0.2, 0.25) is 0 Å². The first-order valence-electron chi connectivity index (χ1n) is 6.64. The molecule has 0 radical (unpaired) electrons. The Morgan fingerprint density at radius 1 is 1.43 bits per heavy atom. The van der Waals surface area contributed by atoms with Crippen LogP contribution in [0.25, 0.3) is 0 Å². The van der Waals surface area contributed by atoms with Crippen LogP contribution in [0.15, 0.2) is 24.3 Å². The van der Waals surface area contributed by atoms with E-state index in [1.807, 2.05) is 6.92 Å². The summed E-state index contributed by atoms with van der Waals surface area (Å²) in [5.41, 5.74) is -0.635. The maximum absolute atomic E-state index is 12.3. The number of hydrogen-bond donors (Lipinski definition) is 3. The van der Waals surface area contributed by atoms with Gasteiger partial charge in [-0.1, -0.05) is 25.5 Å². The zero-order chi connectivity index (χ0) is 15.9. The summed E-state index contributed by atoms with van der Waals surface area (Å²) in [6.45, 7) is 0.444. The van der Waals surface area contributed by atoms with E-state index >= 15 is 0 Å². The van der Waals surface area contributed by atoms with Crippen LogP contribution in [0.4, 0.5) is 19.3 Å². The summed E-state index contributed by atoms with van der Waals surface area (Å²) in [6, 6.07) is 5.30. The van der Waals surface area contributed by atoms with Gasteiger partial charge in [0.05, 0.1) is 17.8 Å². The molecule has 2 amide bonds. The number of urea groups is 1. The molecule has 1 unspecified atom stereocenters. The molecular formula is C14H20F2N2O3. The molecule has 0 aliphatic rings. The quantitative estimate of drug-likeness (QED) is 0.725. The maximum Gasteiger partial charge on any atom is 0.387 e. The molecule has 0 saturated carbocycles. The van der Waals surface area contributed by atoms with Gasteiger partial charge in [-0.2, -0.15) is 8.78 Å². The average molecular weight is 302 g/mol. The van der Waals surface area contributed by atoms with Crippen LogP contribution in [-0.2, 0) is 0 Å². The Bertz CT molecular complexity index is 471. The Kier molecular flexibility index (Phi) is 6.36. The lowest BCUT2D eigenvalue weighted by atomic mass is 9.98. The van der Waals surface area contributed by atoms with Crippen molar-refractivity contribution >= 4 is 11.7 Å². The van der Waals surface area contributed by atoms with E-state index in [2.05, 4.69) is 15.4 Å². The zero-order valence-corrected chi connectivity index (χ0v) is 12.0. The van der Waals surface area contributed by atoms with Gasteiger partial charge in [0.1, 0.15) is 5.75 Å². The molecule has 0 bridgehead atoms. The summed E-state index contributed by atoms with van der Waals surface area (Å²) >= 11 is 0. The van der Waals surface area contributed by atoms with E-state index in [9.17, 15) is 18.7 Å². The van der Waals surface area contributed by atoms with Crippen molar-refractivity contribution in [3.05, 3.63) is 24.3 Å². The Balaban J connectivity index is 2.75. The number of aliphatic hydroxyl groups excluding tert-OH is 1. The molecule has 0 heterocycles. The monoisotopic (exact) mass is 302 g/mol. The fourth-order valence-corrected chi connectivity index (χ4v) is 1.93. The number of rotatable bonds is 7. The van der Waals surface area contributed by atoms with Crippen molar-refractivity contribution in [2.45, 2.75) is 38.8 Å². The van der Waals surface area contributed by atoms with Crippen molar-refractivity contribution in [2.24, 2.45) is 0 Å². The van der Waals surface area contributed by atoms with Crippen LogP contribution in [0.1, 0.15) is 26.7 Å². The SMILES string of the molecule is CCCC(C)(CO)NC(=O)Nc1ccccc1OC(F)F. The molecule has 118 valence electrons. The number of alkyl halides is 2. The first kappa shape index (κ1) is 17.2. The number of aliphatic hydroxyl groups is 1. The summed E-state index contributed by atoms with van der Waals surface area (Å²) in [7, 11) is 0. The normalized spacial score (nSPS) is 13.6. The highest BCUT2D eigenvalue weighted by Crippen LogP contribution is 2.25. The minimum atomic E-state index is -2.97.